The lowest BCUT2D eigenvalue weighted by molar-refractivity contribution is 0.105. The fourth-order valence-corrected chi connectivity index (χ4v) is 2.19. The lowest BCUT2D eigenvalue weighted by Crippen LogP contribution is -2.10. The second kappa shape index (κ2) is 5.46. The number of carbonyl (C=O) groups excluding carboxylic acids is 1. The maximum Gasteiger partial charge on any atom is 0.513 e. The molecule has 0 saturated carbocycles. The highest BCUT2D eigenvalue weighted by Crippen LogP contribution is 2.38. The molecule has 0 radical (unpaired) electrons. The van der Waals surface area contributed by atoms with Crippen molar-refractivity contribution >= 4 is 40.1 Å². The minimum Gasteiger partial charge on any atom is -0.434 e. The molecule has 0 atom stereocenters. The van der Waals surface area contributed by atoms with Gasteiger partial charge in [-0.25, -0.2) is 4.79 Å². The van der Waals surface area contributed by atoms with Crippen molar-refractivity contribution in [1.29, 1.82) is 0 Å². The zero-order valence-corrected chi connectivity index (χ0v) is 11.1. The van der Waals surface area contributed by atoms with E-state index in [0.29, 0.717) is 10.4 Å². The predicted molar refractivity (Wildman–Crippen MR) is 71.6 cm³/mol. The average molecular weight is 285 g/mol. The van der Waals surface area contributed by atoms with Crippen LogP contribution < -0.4 is 4.74 Å². The summed E-state index contributed by atoms with van der Waals surface area (Å²) in [5.74, 6) is 0.259. The summed E-state index contributed by atoms with van der Waals surface area (Å²) in [5.41, 5.74) is 0. The van der Waals surface area contributed by atoms with Crippen LogP contribution in [0.2, 0.25) is 10.0 Å². The second-order valence-electron chi connectivity index (χ2n) is 3.50. The third kappa shape index (κ3) is 2.52. The standard InChI is InChI=1S/C13H10Cl2O3/c1-2-17-13(16)18-12-9-6-4-3-5-8(9)10(14)7-11(12)15/h3-7H,2H2,1H3. The van der Waals surface area contributed by atoms with Crippen molar-refractivity contribution < 1.29 is 14.3 Å². The maximum atomic E-state index is 11.4. The van der Waals surface area contributed by atoms with Crippen LogP contribution in [0.1, 0.15) is 6.92 Å². The van der Waals surface area contributed by atoms with Gasteiger partial charge >= 0.3 is 6.16 Å². The van der Waals surface area contributed by atoms with Gasteiger partial charge in [-0.05, 0) is 13.0 Å². The van der Waals surface area contributed by atoms with Crippen LogP contribution in [-0.2, 0) is 4.74 Å². The maximum absolute atomic E-state index is 11.4. The van der Waals surface area contributed by atoms with E-state index < -0.39 is 6.16 Å². The van der Waals surface area contributed by atoms with Crippen LogP contribution in [0.25, 0.3) is 10.8 Å². The summed E-state index contributed by atoms with van der Waals surface area (Å²) in [6.45, 7) is 1.94. The van der Waals surface area contributed by atoms with E-state index in [9.17, 15) is 4.79 Å². The second-order valence-corrected chi connectivity index (χ2v) is 4.31. The topological polar surface area (TPSA) is 35.5 Å². The first kappa shape index (κ1) is 13.0. The van der Waals surface area contributed by atoms with E-state index in [1.54, 1.807) is 19.1 Å². The van der Waals surface area contributed by atoms with Crippen molar-refractivity contribution in [1.82, 2.24) is 0 Å². The number of hydrogen-bond donors (Lipinski definition) is 0. The van der Waals surface area contributed by atoms with Crippen LogP contribution in [0.5, 0.6) is 5.75 Å². The van der Waals surface area contributed by atoms with Gasteiger partial charge in [0.05, 0.1) is 16.7 Å². The predicted octanol–water partition coefficient (Wildman–Crippen LogP) is 4.68. The SMILES string of the molecule is CCOC(=O)Oc1c(Cl)cc(Cl)c2ccccc12. The Hall–Kier alpha value is -1.45. The van der Waals surface area contributed by atoms with E-state index in [1.807, 2.05) is 18.2 Å². The molecule has 0 N–H and O–H groups in total. The lowest BCUT2D eigenvalue weighted by atomic mass is 10.1. The Kier molecular flexibility index (Phi) is 3.94. The molecule has 0 heterocycles. The average Bonchev–Trinajstić information content (AvgIpc) is 2.35. The molecule has 0 aliphatic heterocycles. The molecule has 0 saturated heterocycles. The first-order valence-corrected chi connectivity index (χ1v) is 6.10. The van der Waals surface area contributed by atoms with Gasteiger partial charge in [-0.3, -0.25) is 0 Å². The third-order valence-corrected chi connectivity index (χ3v) is 2.94. The Labute approximate surface area is 114 Å². The highest BCUT2D eigenvalue weighted by atomic mass is 35.5. The molecular formula is C13H10Cl2O3. The van der Waals surface area contributed by atoms with Gasteiger partial charge < -0.3 is 9.47 Å². The van der Waals surface area contributed by atoms with Gasteiger partial charge in [0.2, 0.25) is 0 Å². The largest absolute Gasteiger partial charge is 0.513 e. The van der Waals surface area contributed by atoms with Gasteiger partial charge in [-0.15, -0.1) is 0 Å². The number of fused-ring (bicyclic) bond motifs is 1. The molecule has 5 heteroatoms. The molecule has 0 aliphatic rings. The third-order valence-electron chi connectivity index (χ3n) is 2.35. The van der Waals surface area contributed by atoms with E-state index in [0.717, 1.165) is 5.39 Å². The molecule has 0 spiro atoms. The van der Waals surface area contributed by atoms with Crippen molar-refractivity contribution in [3.8, 4) is 5.75 Å². The molecule has 3 nitrogen and oxygen atoms in total. The summed E-state index contributed by atoms with van der Waals surface area (Å²) in [7, 11) is 0. The van der Waals surface area contributed by atoms with Crippen LogP contribution in [0.3, 0.4) is 0 Å². The highest BCUT2D eigenvalue weighted by molar-refractivity contribution is 6.40. The van der Waals surface area contributed by atoms with Gasteiger partial charge in [-0.1, -0.05) is 47.5 Å². The highest BCUT2D eigenvalue weighted by Gasteiger charge is 2.15. The van der Waals surface area contributed by atoms with E-state index in [2.05, 4.69) is 0 Å². The first-order chi connectivity index (χ1) is 8.63. The van der Waals surface area contributed by atoms with Crippen LogP contribution in [0.15, 0.2) is 30.3 Å². The lowest BCUT2D eigenvalue weighted by Gasteiger charge is -2.10. The Morgan fingerprint density at radius 2 is 1.83 bits per heavy atom. The van der Waals surface area contributed by atoms with Gasteiger partial charge in [0.15, 0.2) is 5.75 Å². The molecule has 0 fully saturated rings. The van der Waals surface area contributed by atoms with E-state index in [1.165, 1.54) is 0 Å². The number of ether oxygens (including phenoxy) is 2. The summed E-state index contributed by atoms with van der Waals surface area (Å²) >= 11 is 12.1. The monoisotopic (exact) mass is 284 g/mol. The number of halogens is 2. The smallest absolute Gasteiger partial charge is 0.434 e. The molecule has 0 aliphatic carbocycles. The minimum atomic E-state index is -0.785. The summed E-state index contributed by atoms with van der Waals surface area (Å²) in [6.07, 6.45) is -0.785. The molecule has 0 amide bonds. The minimum absolute atomic E-state index is 0.238. The van der Waals surface area contributed by atoms with Gasteiger partial charge in [0.1, 0.15) is 0 Å². The van der Waals surface area contributed by atoms with E-state index in [4.69, 9.17) is 32.7 Å². The van der Waals surface area contributed by atoms with Crippen molar-refractivity contribution in [3.05, 3.63) is 40.4 Å². The van der Waals surface area contributed by atoms with Gasteiger partial charge in [-0.2, -0.15) is 0 Å². The molecule has 18 heavy (non-hydrogen) atoms. The number of hydrogen-bond acceptors (Lipinski definition) is 3. The van der Waals surface area contributed by atoms with E-state index >= 15 is 0 Å². The Morgan fingerprint density at radius 3 is 2.50 bits per heavy atom. The summed E-state index contributed by atoms with van der Waals surface area (Å²) in [6, 6.07) is 8.80. The molecule has 0 bridgehead atoms. The van der Waals surface area contributed by atoms with Crippen LogP contribution in [0.4, 0.5) is 4.79 Å². The fourth-order valence-electron chi connectivity index (χ4n) is 1.61. The van der Waals surface area contributed by atoms with Crippen molar-refractivity contribution in [2.75, 3.05) is 6.61 Å². The van der Waals surface area contributed by atoms with E-state index in [-0.39, 0.29) is 17.4 Å². The van der Waals surface area contributed by atoms with Gasteiger partial charge in [0, 0.05) is 10.8 Å². The number of rotatable bonds is 2. The fraction of sp³-hybridized carbons (Fsp3) is 0.154. The molecular weight excluding hydrogens is 275 g/mol. The Balaban J connectivity index is 2.52. The summed E-state index contributed by atoms with van der Waals surface area (Å²) in [4.78, 5) is 11.4. The van der Waals surface area contributed by atoms with Gasteiger partial charge in [0.25, 0.3) is 0 Å². The molecule has 2 aromatic rings. The zero-order chi connectivity index (χ0) is 13.1. The van der Waals surface area contributed by atoms with Crippen LogP contribution >= 0.6 is 23.2 Å². The summed E-state index contributed by atoms with van der Waals surface area (Å²) in [5, 5.41) is 2.21. The zero-order valence-electron chi connectivity index (χ0n) is 9.57. The Morgan fingerprint density at radius 1 is 1.17 bits per heavy atom. The summed E-state index contributed by atoms with van der Waals surface area (Å²) < 4.78 is 9.83. The van der Waals surface area contributed by atoms with Crippen LogP contribution in [-0.4, -0.2) is 12.8 Å². The van der Waals surface area contributed by atoms with Crippen molar-refractivity contribution in [2.24, 2.45) is 0 Å². The number of carbonyl (C=O) groups is 1. The first-order valence-electron chi connectivity index (χ1n) is 5.34. The Bertz CT molecular complexity index is 596. The van der Waals surface area contributed by atoms with Crippen molar-refractivity contribution in [2.45, 2.75) is 6.92 Å². The van der Waals surface area contributed by atoms with Crippen molar-refractivity contribution in [3.63, 3.8) is 0 Å². The quantitative estimate of drug-likeness (QED) is 0.593. The number of benzene rings is 2. The molecule has 94 valence electrons. The molecule has 2 aromatic carbocycles. The molecule has 2 rings (SSSR count). The molecule has 0 unspecified atom stereocenters. The normalized spacial score (nSPS) is 10.4. The molecule has 0 aromatic heterocycles. The van der Waals surface area contributed by atoms with Crippen LogP contribution in [0, 0.1) is 0 Å².